The molecule has 0 saturated heterocycles. The molecule has 0 spiro atoms. The van der Waals surface area contributed by atoms with Gasteiger partial charge < -0.3 is 19.9 Å². The van der Waals surface area contributed by atoms with Crippen molar-refractivity contribution < 1.29 is 19.4 Å². The van der Waals surface area contributed by atoms with Crippen molar-refractivity contribution in [2.75, 3.05) is 26.9 Å². The van der Waals surface area contributed by atoms with Crippen molar-refractivity contribution in [1.29, 1.82) is 0 Å². The molecule has 0 aromatic heterocycles. The lowest BCUT2D eigenvalue weighted by Crippen LogP contribution is -2.43. The average Bonchev–Trinajstić information content (AvgIpc) is 2.31. The third-order valence-corrected chi connectivity index (χ3v) is 4.95. The van der Waals surface area contributed by atoms with Crippen LogP contribution in [0.25, 0.3) is 0 Å². The molecule has 0 aliphatic carbocycles. The van der Waals surface area contributed by atoms with E-state index < -0.39 is 20.1 Å². The first-order chi connectivity index (χ1) is 9.17. The lowest BCUT2D eigenvalue weighted by atomic mass is 10.1. The van der Waals surface area contributed by atoms with Crippen LogP contribution in [0.1, 0.15) is 13.8 Å². The highest BCUT2D eigenvalue weighted by molar-refractivity contribution is 6.76. The lowest BCUT2D eigenvalue weighted by molar-refractivity contribution is -0.139. The van der Waals surface area contributed by atoms with E-state index in [-0.39, 0.29) is 12.0 Å². The Morgan fingerprint density at radius 1 is 1.30 bits per heavy atom. The van der Waals surface area contributed by atoms with Crippen LogP contribution in [0.5, 0.6) is 0 Å². The molecule has 0 rings (SSSR count). The highest BCUT2D eigenvalue weighted by atomic mass is 28.3. The van der Waals surface area contributed by atoms with E-state index in [1.54, 1.807) is 14.0 Å². The van der Waals surface area contributed by atoms with Gasteiger partial charge >= 0.3 is 5.97 Å². The van der Waals surface area contributed by atoms with Crippen LogP contribution in [0.2, 0.25) is 25.7 Å². The van der Waals surface area contributed by atoms with Crippen LogP contribution >= 0.6 is 0 Å². The summed E-state index contributed by atoms with van der Waals surface area (Å²) in [6.45, 7) is 12.5. The minimum Gasteiger partial charge on any atom is -0.480 e. The van der Waals surface area contributed by atoms with E-state index in [1.165, 1.54) is 0 Å². The molecule has 6 heteroatoms. The summed E-state index contributed by atoms with van der Waals surface area (Å²) < 4.78 is 11.1. The number of ether oxygens (including phenoxy) is 2. The van der Waals surface area contributed by atoms with Gasteiger partial charge in [0.25, 0.3) is 0 Å². The van der Waals surface area contributed by atoms with E-state index in [2.05, 4.69) is 31.9 Å². The highest BCUT2D eigenvalue weighted by Gasteiger charge is 2.21. The summed E-state index contributed by atoms with van der Waals surface area (Å²) >= 11 is 0. The third-order valence-electron chi connectivity index (χ3n) is 3.24. The molecule has 5 nitrogen and oxygen atoms in total. The molecule has 0 heterocycles. The Labute approximate surface area is 124 Å². The van der Waals surface area contributed by atoms with Crippen LogP contribution in [0.15, 0.2) is 0 Å². The summed E-state index contributed by atoms with van der Waals surface area (Å²) in [4.78, 5) is 10.8. The van der Waals surface area contributed by atoms with Crippen molar-refractivity contribution in [3.8, 4) is 0 Å². The average molecular weight is 305 g/mol. The van der Waals surface area contributed by atoms with Crippen molar-refractivity contribution in [3.63, 3.8) is 0 Å². The molecule has 0 aromatic carbocycles. The molecule has 0 bridgehead atoms. The van der Waals surface area contributed by atoms with Crippen LogP contribution in [0, 0.1) is 5.92 Å². The van der Waals surface area contributed by atoms with E-state index in [0.29, 0.717) is 13.2 Å². The van der Waals surface area contributed by atoms with E-state index in [1.807, 2.05) is 0 Å². The number of aliphatic carboxylic acids is 1. The predicted octanol–water partition coefficient (Wildman–Crippen LogP) is 2.05. The number of methoxy groups -OCH3 is 1. The van der Waals surface area contributed by atoms with Crippen molar-refractivity contribution >= 4 is 14.0 Å². The third kappa shape index (κ3) is 9.47. The number of carbonyl (C=O) groups is 1. The van der Waals surface area contributed by atoms with Gasteiger partial charge in [-0.05, 0) is 13.0 Å². The maximum Gasteiger partial charge on any atom is 0.320 e. The minimum atomic E-state index is -1.11. The summed E-state index contributed by atoms with van der Waals surface area (Å²) in [5, 5.41) is 11.9. The van der Waals surface area contributed by atoms with Gasteiger partial charge in [-0.15, -0.1) is 0 Å². The Morgan fingerprint density at radius 3 is 2.35 bits per heavy atom. The Morgan fingerprint density at radius 2 is 1.90 bits per heavy atom. The fourth-order valence-electron chi connectivity index (χ4n) is 1.69. The van der Waals surface area contributed by atoms with E-state index >= 15 is 0 Å². The van der Waals surface area contributed by atoms with Crippen LogP contribution in [-0.4, -0.2) is 58.2 Å². The zero-order valence-corrected chi connectivity index (χ0v) is 14.7. The van der Waals surface area contributed by atoms with Gasteiger partial charge in [0, 0.05) is 34.3 Å². The van der Waals surface area contributed by atoms with Crippen molar-refractivity contribution in [2.45, 2.75) is 51.7 Å². The zero-order valence-electron chi connectivity index (χ0n) is 13.7. The molecule has 0 radical (unpaired) electrons. The topological polar surface area (TPSA) is 67.8 Å². The summed E-state index contributed by atoms with van der Waals surface area (Å²) in [7, 11) is 0.559. The van der Waals surface area contributed by atoms with Crippen LogP contribution < -0.4 is 5.32 Å². The fraction of sp³-hybridized carbons (Fsp3) is 0.929. The highest BCUT2D eigenvalue weighted by Crippen LogP contribution is 2.12. The Kier molecular flexibility index (Phi) is 9.29. The maximum atomic E-state index is 10.8. The summed E-state index contributed by atoms with van der Waals surface area (Å²) in [5.41, 5.74) is 0. The second-order valence-corrected chi connectivity index (χ2v) is 12.2. The number of rotatable bonds is 11. The van der Waals surface area contributed by atoms with Gasteiger partial charge in [0.2, 0.25) is 0 Å². The molecule has 0 aliphatic heterocycles. The second kappa shape index (κ2) is 9.49. The Balaban J connectivity index is 4.30. The molecule has 1 unspecified atom stereocenters. The van der Waals surface area contributed by atoms with Gasteiger partial charge in [0.1, 0.15) is 6.04 Å². The maximum absolute atomic E-state index is 10.8. The van der Waals surface area contributed by atoms with Gasteiger partial charge in [-0.1, -0.05) is 26.6 Å². The summed E-state index contributed by atoms with van der Waals surface area (Å²) in [6, 6.07) is 0.547. The van der Waals surface area contributed by atoms with Gasteiger partial charge in [-0.3, -0.25) is 4.79 Å². The van der Waals surface area contributed by atoms with E-state index in [9.17, 15) is 4.79 Å². The van der Waals surface area contributed by atoms with Gasteiger partial charge in [0.15, 0.2) is 0 Å². The molecule has 120 valence electrons. The molecule has 3 atom stereocenters. The number of nitrogens with one attached hydrogen (secondary N) is 1. The smallest absolute Gasteiger partial charge is 0.320 e. The minimum absolute atomic E-state index is 0.0203. The van der Waals surface area contributed by atoms with E-state index in [4.69, 9.17) is 14.6 Å². The van der Waals surface area contributed by atoms with Gasteiger partial charge in [-0.2, -0.15) is 0 Å². The fourth-order valence-corrected chi connectivity index (χ4v) is 2.42. The van der Waals surface area contributed by atoms with Crippen molar-refractivity contribution in [3.05, 3.63) is 0 Å². The normalized spacial score (nSPS) is 16.7. The quantitative estimate of drug-likeness (QED) is 0.572. The SMILES string of the molecule is COCC(C)[C@@H](CN[C@@H](C)C(=O)O)OCC[Si](C)(C)C. The van der Waals surface area contributed by atoms with Crippen LogP contribution in [0.3, 0.4) is 0 Å². The molecule has 20 heavy (non-hydrogen) atoms. The first kappa shape index (κ1) is 19.6. The number of hydrogen-bond donors (Lipinski definition) is 2. The molecule has 0 aliphatic rings. The first-order valence-corrected chi connectivity index (χ1v) is 10.9. The summed E-state index contributed by atoms with van der Waals surface area (Å²) in [5.74, 6) is -0.611. The predicted molar refractivity (Wildman–Crippen MR) is 84.0 cm³/mol. The Bertz CT molecular complexity index is 281. The number of carboxylic acid groups (broad SMARTS) is 1. The second-order valence-electron chi connectivity index (χ2n) is 6.62. The van der Waals surface area contributed by atoms with Crippen LogP contribution in [-0.2, 0) is 14.3 Å². The number of carboxylic acids is 1. The van der Waals surface area contributed by atoms with Crippen molar-refractivity contribution in [1.82, 2.24) is 5.32 Å². The molecule has 0 fully saturated rings. The van der Waals surface area contributed by atoms with Gasteiger partial charge in [0.05, 0.1) is 12.7 Å². The zero-order chi connectivity index (χ0) is 15.8. The molecule has 2 N–H and O–H groups in total. The monoisotopic (exact) mass is 305 g/mol. The summed E-state index contributed by atoms with van der Waals surface area (Å²) in [6.07, 6.45) is -0.0203. The molecule has 0 aromatic rings. The Hall–Kier alpha value is -0.433. The molecule has 0 saturated carbocycles. The lowest BCUT2D eigenvalue weighted by Gasteiger charge is -2.26. The standard InChI is InChI=1S/C14H31NO4Si/c1-11(10-18-3)13(9-15-12(2)14(16)17)19-7-8-20(4,5)6/h11-13,15H,7-10H2,1-6H3,(H,16,17)/t11?,12-,13+/m0/s1. The first-order valence-electron chi connectivity index (χ1n) is 7.24. The molecular weight excluding hydrogens is 274 g/mol. The van der Waals surface area contributed by atoms with Crippen LogP contribution in [0.4, 0.5) is 0 Å². The number of hydrogen-bond acceptors (Lipinski definition) is 4. The molecule has 0 amide bonds. The van der Waals surface area contributed by atoms with Crippen molar-refractivity contribution in [2.24, 2.45) is 5.92 Å². The molecular formula is C14H31NO4Si. The largest absolute Gasteiger partial charge is 0.480 e. The van der Waals surface area contributed by atoms with Gasteiger partial charge in [-0.25, -0.2) is 0 Å². The van der Waals surface area contributed by atoms with E-state index in [0.717, 1.165) is 12.7 Å².